The third kappa shape index (κ3) is 5.00. The molecule has 3 N–H and O–H groups in total. The lowest BCUT2D eigenvalue weighted by molar-refractivity contribution is 0.243. The molecule has 0 amide bonds. The molecule has 0 aliphatic carbocycles. The van der Waals surface area contributed by atoms with Crippen LogP contribution in [-0.2, 0) is 6.54 Å². The Hall–Kier alpha value is -3.19. The van der Waals surface area contributed by atoms with Crippen LogP contribution in [0.1, 0.15) is 35.5 Å². The fourth-order valence-electron chi connectivity index (χ4n) is 3.38. The topological polar surface area (TPSA) is 89.2 Å². The predicted molar refractivity (Wildman–Crippen MR) is 116 cm³/mol. The zero-order valence-corrected chi connectivity index (χ0v) is 17.6. The number of nitrogens with zero attached hydrogens (tertiary/aromatic N) is 4. The van der Waals surface area contributed by atoms with Crippen molar-refractivity contribution in [3.63, 3.8) is 0 Å². The van der Waals surface area contributed by atoms with E-state index in [1.807, 2.05) is 37.4 Å². The van der Waals surface area contributed by atoms with Crippen LogP contribution in [0, 0.1) is 13.8 Å². The van der Waals surface area contributed by atoms with Crippen molar-refractivity contribution in [1.82, 2.24) is 19.9 Å². The lowest BCUT2D eigenvalue weighted by Gasteiger charge is -2.24. The maximum atomic E-state index is 5.94. The minimum atomic E-state index is -0.0423. The lowest BCUT2D eigenvalue weighted by Crippen LogP contribution is -2.24. The average molecular weight is 393 g/mol. The number of hydrogen-bond acceptors (Lipinski definition) is 7. The van der Waals surface area contributed by atoms with E-state index in [1.165, 1.54) is 5.56 Å². The summed E-state index contributed by atoms with van der Waals surface area (Å²) in [5.41, 5.74) is 10.3. The molecule has 1 aromatic heterocycles. The van der Waals surface area contributed by atoms with Crippen molar-refractivity contribution in [1.29, 1.82) is 0 Å². The summed E-state index contributed by atoms with van der Waals surface area (Å²) in [6.07, 6.45) is 0. The fraction of sp³-hybridized carbons (Fsp3) is 0.318. The molecule has 3 aromatic rings. The van der Waals surface area contributed by atoms with Crippen molar-refractivity contribution in [3.05, 3.63) is 65.0 Å². The first-order chi connectivity index (χ1) is 13.9. The van der Waals surface area contributed by atoms with Gasteiger partial charge in [0.05, 0.1) is 13.2 Å². The van der Waals surface area contributed by atoms with Crippen LogP contribution in [0.5, 0.6) is 5.75 Å². The van der Waals surface area contributed by atoms with Gasteiger partial charge in [-0.3, -0.25) is 4.90 Å². The highest BCUT2D eigenvalue weighted by molar-refractivity contribution is 5.53. The van der Waals surface area contributed by atoms with E-state index in [9.17, 15) is 0 Å². The quantitative estimate of drug-likeness (QED) is 0.628. The van der Waals surface area contributed by atoms with E-state index in [4.69, 9.17) is 10.5 Å². The van der Waals surface area contributed by atoms with Crippen LogP contribution in [-0.4, -0.2) is 34.0 Å². The molecule has 0 saturated heterocycles. The van der Waals surface area contributed by atoms with Gasteiger partial charge in [-0.1, -0.05) is 30.3 Å². The number of nitrogens with one attached hydrogen (secondary N) is 1. The van der Waals surface area contributed by atoms with Crippen LogP contribution in [0.15, 0.2) is 42.5 Å². The number of methoxy groups -OCH3 is 1. The predicted octanol–water partition coefficient (Wildman–Crippen LogP) is 4.02. The van der Waals surface area contributed by atoms with Crippen molar-refractivity contribution in [3.8, 4) is 5.75 Å². The number of nitrogens with two attached hydrogens (primary N) is 1. The van der Waals surface area contributed by atoms with Gasteiger partial charge in [0.25, 0.3) is 0 Å². The summed E-state index contributed by atoms with van der Waals surface area (Å²) in [6.45, 7) is 6.93. The van der Waals surface area contributed by atoms with Crippen LogP contribution < -0.4 is 15.8 Å². The zero-order valence-electron chi connectivity index (χ0n) is 17.6. The van der Waals surface area contributed by atoms with E-state index >= 15 is 0 Å². The molecule has 0 aliphatic rings. The summed E-state index contributed by atoms with van der Waals surface area (Å²) in [5.74, 6) is 2.20. The number of benzene rings is 2. The first kappa shape index (κ1) is 20.5. The van der Waals surface area contributed by atoms with Crippen LogP contribution in [0.3, 0.4) is 0 Å². The third-order valence-corrected chi connectivity index (χ3v) is 4.89. The smallest absolute Gasteiger partial charge is 0.232 e. The largest absolute Gasteiger partial charge is 0.496 e. The van der Waals surface area contributed by atoms with Crippen LogP contribution >= 0.6 is 0 Å². The molecule has 152 valence electrons. The molecular formula is C22H28N6O. The van der Waals surface area contributed by atoms with Crippen LogP contribution in [0.25, 0.3) is 0 Å². The first-order valence-corrected chi connectivity index (χ1v) is 9.55. The molecule has 0 bridgehead atoms. The Morgan fingerprint density at radius 1 is 1.07 bits per heavy atom. The molecule has 1 unspecified atom stereocenters. The Balaban J connectivity index is 1.78. The van der Waals surface area contributed by atoms with Crippen LogP contribution in [0.4, 0.5) is 17.6 Å². The fourth-order valence-corrected chi connectivity index (χ4v) is 3.38. The van der Waals surface area contributed by atoms with E-state index < -0.39 is 0 Å². The summed E-state index contributed by atoms with van der Waals surface area (Å²) in [7, 11) is 3.75. The number of anilines is 3. The van der Waals surface area contributed by atoms with Gasteiger partial charge < -0.3 is 15.8 Å². The number of hydrogen-bond donors (Lipinski definition) is 2. The molecule has 3 rings (SSSR count). The van der Waals surface area contributed by atoms with Gasteiger partial charge in [0.1, 0.15) is 5.75 Å². The van der Waals surface area contributed by atoms with Crippen molar-refractivity contribution < 1.29 is 4.74 Å². The van der Waals surface area contributed by atoms with Gasteiger partial charge in [-0.2, -0.15) is 15.0 Å². The van der Waals surface area contributed by atoms with E-state index in [-0.39, 0.29) is 12.0 Å². The number of nitrogen functional groups attached to an aromatic ring is 1. The van der Waals surface area contributed by atoms with Gasteiger partial charge in [0.2, 0.25) is 11.9 Å². The molecule has 0 aliphatic heterocycles. The highest BCUT2D eigenvalue weighted by atomic mass is 16.5. The van der Waals surface area contributed by atoms with E-state index in [0.29, 0.717) is 11.8 Å². The molecule has 7 nitrogen and oxygen atoms in total. The van der Waals surface area contributed by atoms with Gasteiger partial charge in [-0.15, -0.1) is 0 Å². The highest BCUT2D eigenvalue weighted by Crippen LogP contribution is 2.26. The summed E-state index contributed by atoms with van der Waals surface area (Å²) >= 11 is 0. The summed E-state index contributed by atoms with van der Waals surface area (Å²) in [4.78, 5) is 15.3. The molecule has 1 heterocycles. The monoisotopic (exact) mass is 392 g/mol. The second-order valence-corrected chi connectivity index (χ2v) is 7.22. The lowest BCUT2D eigenvalue weighted by atomic mass is 10.0. The number of rotatable bonds is 7. The van der Waals surface area contributed by atoms with Gasteiger partial charge in [-0.25, -0.2) is 0 Å². The molecule has 2 aromatic carbocycles. The molecule has 0 fully saturated rings. The molecule has 0 radical (unpaired) electrons. The van der Waals surface area contributed by atoms with Crippen molar-refractivity contribution >= 4 is 17.6 Å². The maximum Gasteiger partial charge on any atom is 0.232 e. The Labute approximate surface area is 172 Å². The Kier molecular flexibility index (Phi) is 6.29. The van der Waals surface area contributed by atoms with E-state index in [1.54, 1.807) is 7.11 Å². The average Bonchev–Trinajstić information content (AvgIpc) is 2.67. The normalized spacial score (nSPS) is 12.1. The second-order valence-electron chi connectivity index (χ2n) is 7.22. The Morgan fingerprint density at radius 3 is 2.34 bits per heavy atom. The number of aromatic nitrogens is 3. The van der Waals surface area contributed by atoms with Gasteiger partial charge in [0, 0.05) is 12.2 Å². The molecule has 29 heavy (non-hydrogen) atoms. The first-order valence-electron chi connectivity index (χ1n) is 9.55. The summed E-state index contributed by atoms with van der Waals surface area (Å²) in [5, 5.41) is 3.18. The van der Waals surface area contributed by atoms with Gasteiger partial charge in [-0.05, 0) is 56.6 Å². The molecule has 0 spiro atoms. The summed E-state index contributed by atoms with van der Waals surface area (Å²) < 4.78 is 5.47. The molecule has 7 heteroatoms. The van der Waals surface area contributed by atoms with E-state index in [0.717, 1.165) is 29.1 Å². The van der Waals surface area contributed by atoms with Crippen molar-refractivity contribution in [2.45, 2.75) is 33.4 Å². The second kappa shape index (κ2) is 8.87. The highest BCUT2D eigenvalue weighted by Gasteiger charge is 2.18. The SMILES string of the molecule is COc1c(C)cc(CN(C)C(C)c2nc(N)nc(Nc3ccccc3)n2)cc1C. The minimum Gasteiger partial charge on any atom is -0.496 e. The van der Waals surface area contributed by atoms with Crippen LogP contribution in [0.2, 0.25) is 0 Å². The standard InChI is InChI=1S/C22H28N6O/c1-14-11-17(12-15(2)19(14)29-5)13-28(4)16(3)20-25-21(23)27-22(26-20)24-18-9-7-6-8-10-18/h6-12,16H,13H2,1-5H3,(H3,23,24,25,26,27). The number of para-hydroxylation sites is 1. The number of ether oxygens (including phenoxy) is 1. The molecule has 1 atom stereocenters. The Morgan fingerprint density at radius 2 is 1.72 bits per heavy atom. The minimum absolute atomic E-state index is 0.0423. The third-order valence-electron chi connectivity index (χ3n) is 4.89. The molecule has 0 saturated carbocycles. The maximum absolute atomic E-state index is 5.94. The zero-order chi connectivity index (χ0) is 21.0. The van der Waals surface area contributed by atoms with E-state index in [2.05, 4.69) is 58.1 Å². The van der Waals surface area contributed by atoms with Gasteiger partial charge >= 0.3 is 0 Å². The summed E-state index contributed by atoms with van der Waals surface area (Å²) in [6, 6.07) is 14.0. The number of aryl methyl sites for hydroxylation is 2. The molecular weight excluding hydrogens is 364 g/mol. The van der Waals surface area contributed by atoms with Crippen molar-refractivity contribution in [2.75, 3.05) is 25.2 Å². The van der Waals surface area contributed by atoms with Crippen molar-refractivity contribution in [2.24, 2.45) is 0 Å². The van der Waals surface area contributed by atoms with Gasteiger partial charge in [0.15, 0.2) is 5.82 Å². The Bertz CT molecular complexity index is 953.